The Kier molecular flexibility index (Phi) is 4.86. The van der Waals surface area contributed by atoms with Crippen molar-refractivity contribution in [3.8, 4) is 5.82 Å². The highest BCUT2D eigenvalue weighted by molar-refractivity contribution is 5.79. The van der Waals surface area contributed by atoms with Crippen molar-refractivity contribution in [2.24, 2.45) is 5.92 Å². The molecule has 2 saturated heterocycles. The van der Waals surface area contributed by atoms with Crippen LogP contribution in [0.4, 0.5) is 5.82 Å². The molecule has 0 aliphatic carbocycles. The van der Waals surface area contributed by atoms with Gasteiger partial charge in [-0.3, -0.25) is 9.36 Å². The normalized spacial score (nSPS) is 21.8. The molecule has 0 radical (unpaired) electrons. The van der Waals surface area contributed by atoms with E-state index in [2.05, 4.69) is 31.7 Å². The summed E-state index contributed by atoms with van der Waals surface area (Å²) in [4.78, 5) is 30.1. The predicted octanol–water partition coefficient (Wildman–Crippen LogP) is 2.28. The molecule has 0 aromatic carbocycles. The summed E-state index contributed by atoms with van der Waals surface area (Å²) in [6.07, 6.45) is 12.3. The van der Waals surface area contributed by atoms with Gasteiger partial charge in [-0.2, -0.15) is 0 Å². The van der Waals surface area contributed by atoms with E-state index in [-0.39, 0.29) is 5.92 Å². The molecule has 2 aromatic heterocycles. The van der Waals surface area contributed by atoms with E-state index in [0.717, 1.165) is 57.0 Å². The van der Waals surface area contributed by atoms with Crippen LogP contribution in [0.5, 0.6) is 0 Å². The Bertz CT molecular complexity index is 738. The molecule has 7 nitrogen and oxygen atoms in total. The maximum absolute atomic E-state index is 12.9. The average molecular weight is 354 g/mol. The Hall–Kier alpha value is -2.44. The number of carbonyl (C=O) groups is 1. The van der Waals surface area contributed by atoms with Crippen LogP contribution < -0.4 is 4.90 Å². The van der Waals surface area contributed by atoms with Crippen LogP contribution in [-0.2, 0) is 4.79 Å². The van der Waals surface area contributed by atoms with E-state index in [1.807, 2.05) is 16.8 Å². The Labute approximate surface area is 154 Å². The fraction of sp³-hybridized carbons (Fsp3) is 0.579. The summed E-state index contributed by atoms with van der Waals surface area (Å²) in [5.41, 5.74) is 0. The van der Waals surface area contributed by atoms with E-state index in [1.165, 1.54) is 6.42 Å². The average Bonchev–Trinajstić information content (AvgIpc) is 3.23. The molecule has 0 spiro atoms. The predicted molar refractivity (Wildman–Crippen MR) is 99.1 cm³/mol. The number of piperidine rings is 2. The van der Waals surface area contributed by atoms with E-state index >= 15 is 0 Å². The molecule has 2 aliphatic rings. The fourth-order valence-corrected chi connectivity index (χ4v) is 4.06. The molecule has 2 aliphatic heterocycles. The van der Waals surface area contributed by atoms with Crippen LogP contribution in [0.15, 0.2) is 31.1 Å². The number of hydrogen-bond donors (Lipinski definition) is 0. The number of imidazole rings is 1. The zero-order chi connectivity index (χ0) is 17.9. The summed E-state index contributed by atoms with van der Waals surface area (Å²) in [6, 6.07) is 2.38. The number of nitrogens with zero attached hydrogens (tertiary/aromatic N) is 6. The molecule has 1 atom stereocenters. The highest BCUT2D eigenvalue weighted by atomic mass is 16.2. The minimum absolute atomic E-state index is 0.154. The van der Waals surface area contributed by atoms with Gasteiger partial charge in [-0.25, -0.2) is 15.0 Å². The van der Waals surface area contributed by atoms with Gasteiger partial charge in [0, 0.05) is 50.1 Å². The van der Waals surface area contributed by atoms with Crippen LogP contribution in [0.2, 0.25) is 0 Å². The molecule has 0 bridgehead atoms. The Morgan fingerprint density at radius 2 is 1.88 bits per heavy atom. The van der Waals surface area contributed by atoms with Gasteiger partial charge in [-0.15, -0.1) is 0 Å². The van der Waals surface area contributed by atoms with Gasteiger partial charge in [0.25, 0.3) is 0 Å². The van der Waals surface area contributed by atoms with Gasteiger partial charge in [-0.05, 0) is 39.0 Å². The zero-order valence-electron chi connectivity index (χ0n) is 15.3. The first kappa shape index (κ1) is 17.0. The van der Waals surface area contributed by atoms with Crippen molar-refractivity contribution in [3.63, 3.8) is 0 Å². The van der Waals surface area contributed by atoms with Crippen LogP contribution in [0.3, 0.4) is 0 Å². The second-order valence-electron chi connectivity index (χ2n) is 7.34. The molecule has 2 fully saturated rings. The van der Waals surface area contributed by atoms with Gasteiger partial charge in [-0.1, -0.05) is 0 Å². The van der Waals surface area contributed by atoms with Crippen molar-refractivity contribution < 1.29 is 4.79 Å². The number of aromatic nitrogens is 4. The van der Waals surface area contributed by atoms with Crippen LogP contribution >= 0.6 is 0 Å². The van der Waals surface area contributed by atoms with Gasteiger partial charge < -0.3 is 9.80 Å². The zero-order valence-corrected chi connectivity index (χ0v) is 15.3. The number of hydrogen-bond acceptors (Lipinski definition) is 5. The lowest BCUT2D eigenvalue weighted by molar-refractivity contribution is -0.139. The van der Waals surface area contributed by atoms with E-state index in [9.17, 15) is 4.79 Å². The van der Waals surface area contributed by atoms with Gasteiger partial charge >= 0.3 is 0 Å². The minimum Gasteiger partial charge on any atom is -0.356 e. The Balaban J connectivity index is 1.39. The van der Waals surface area contributed by atoms with Crippen molar-refractivity contribution in [1.82, 2.24) is 24.4 Å². The molecule has 1 amide bonds. The molecule has 26 heavy (non-hydrogen) atoms. The maximum Gasteiger partial charge on any atom is 0.226 e. The van der Waals surface area contributed by atoms with Crippen molar-refractivity contribution in [1.29, 1.82) is 0 Å². The monoisotopic (exact) mass is 354 g/mol. The molecule has 7 heteroatoms. The summed E-state index contributed by atoms with van der Waals surface area (Å²) in [5, 5.41) is 0. The number of rotatable bonds is 3. The molecule has 0 saturated carbocycles. The van der Waals surface area contributed by atoms with Crippen molar-refractivity contribution in [2.75, 3.05) is 24.5 Å². The minimum atomic E-state index is 0.154. The highest BCUT2D eigenvalue weighted by Gasteiger charge is 2.32. The van der Waals surface area contributed by atoms with Crippen LogP contribution in [0.1, 0.15) is 39.0 Å². The van der Waals surface area contributed by atoms with Crippen LogP contribution in [0.25, 0.3) is 5.82 Å². The molecular formula is C19H26N6O. The smallest absolute Gasteiger partial charge is 0.226 e. The van der Waals surface area contributed by atoms with Crippen LogP contribution in [0, 0.1) is 5.92 Å². The highest BCUT2D eigenvalue weighted by Crippen LogP contribution is 2.26. The first-order chi connectivity index (χ1) is 12.7. The quantitative estimate of drug-likeness (QED) is 0.846. The molecular weight excluding hydrogens is 328 g/mol. The second-order valence-corrected chi connectivity index (χ2v) is 7.34. The summed E-state index contributed by atoms with van der Waals surface area (Å²) >= 11 is 0. The number of amides is 1. The van der Waals surface area contributed by atoms with Gasteiger partial charge in [0.2, 0.25) is 5.91 Å². The summed E-state index contributed by atoms with van der Waals surface area (Å²) < 4.78 is 1.87. The van der Waals surface area contributed by atoms with E-state index in [0.29, 0.717) is 11.9 Å². The first-order valence-corrected chi connectivity index (χ1v) is 9.58. The third kappa shape index (κ3) is 3.43. The van der Waals surface area contributed by atoms with Gasteiger partial charge in [0.15, 0.2) is 0 Å². The Morgan fingerprint density at radius 1 is 1.08 bits per heavy atom. The Morgan fingerprint density at radius 3 is 2.62 bits per heavy atom. The number of likely N-dealkylation sites (tertiary alicyclic amines) is 1. The number of carbonyl (C=O) groups excluding carboxylic acids is 1. The van der Waals surface area contributed by atoms with Gasteiger partial charge in [0.05, 0.1) is 0 Å². The SMILES string of the molecule is CC1CCCCN1C(=O)C1CCN(c2cc(-n3ccnc3)ncn2)CC1. The van der Waals surface area contributed by atoms with Crippen LogP contribution in [-0.4, -0.2) is 56.0 Å². The first-order valence-electron chi connectivity index (χ1n) is 9.58. The lowest BCUT2D eigenvalue weighted by Gasteiger charge is -2.39. The standard InChI is InChI=1S/C19H26N6O/c1-15-4-2-3-8-25(15)19(26)16-5-9-23(10-6-16)17-12-18(22-13-21-17)24-11-7-20-14-24/h7,11-16H,2-6,8-10H2,1H3. The molecule has 4 rings (SSSR count). The van der Waals surface area contributed by atoms with E-state index < -0.39 is 0 Å². The third-order valence-electron chi connectivity index (χ3n) is 5.66. The van der Waals surface area contributed by atoms with Gasteiger partial charge in [0.1, 0.15) is 24.3 Å². The van der Waals surface area contributed by atoms with E-state index in [4.69, 9.17) is 0 Å². The molecule has 1 unspecified atom stereocenters. The number of anilines is 1. The molecule has 0 N–H and O–H groups in total. The van der Waals surface area contributed by atoms with E-state index in [1.54, 1.807) is 18.9 Å². The second kappa shape index (κ2) is 7.43. The third-order valence-corrected chi connectivity index (χ3v) is 5.66. The summed E-state index contributed by atoms with van der Waals surface area (Å²) in [7, 11) is 0. The topological polar surface area (TPSA) is 67.2 Å². The molecule has 138 valence electrons. The molecule has 2 aromatic rings. The lowest BCUT2D eigenvalue weighted by atomic mass is 9.93. The van der Waals surface area contributed by atoms with Crippen molar-refractivity contribution in [3.05, 3.63) is 31.1 Å². The van der Waals surface area contributed by atoms with Crippen molar-refractivity contribution >= 4 is 11.7 Å². The summed E-state index contributed by atoms with van der Waals surface area (Å²) in [6.45, 7) is 4.84. The summed E-state index contributed by atoms with van der Waals surface area (Å²) in [5.74, 6) is 2.24. The molecule has 4 heterocycles. The maximum atomic E-state index is 12.9. The fourth-order valence-electron chi connectivity index (χ4n) is 4.06. The van der Waals surface area contributed by atoms with Crippen molar-refractivity contribution in [2.45, 2.75) is 45.1 Å². The largest absolute Gasteiger partial charge is 0.356 e. The lowest BCUT2D eigenvalue weighted by Crippen LogP contribution is -2.48.